The van der Waals surface area contributed by atoms with Crippen molar-refractivity contribution in [3.05, 3.63) is 76.8 Å². The van der Waals surface area contributed by atoms with Gasteiger partial charge in [-0.15, -0.1) is 0 Å². The van der Waals surface area contributed by atoms with Crippen LogP contribution in [0.3, 0.4) is 0 Å². The van der Waals surface area contributed by atoms with Crippen molar-refractivity contribution in [2.45, 2.75) is 12.8 Å². The number of rotatable bonds is 7. The Morgan fingerprint density at radius 3 is 2.50 bits per heavy atom. The summed E-state index contributed by atoms with van der Waals surface area (Å²) in [5, 5.41) is 9.41. The fourth-order valence-corrected chi connectivity index (χ4v) is 2.50. The van der Waals surface area contributed by atoms with Crippen LogP contribution in [0, 0.1) is 11.3 Å². The Hall–Kier alpha value is -2.57. The van der Waals surface area contributed by atoms with E-state index in [-0.39, 0.29) is 5.91 Å². The summed E-state index contributed by atoms with van der Waals surface area (Å²) >= 11 is 6.09. The molecule has 2 aromatic carbocycles. The van der Waals surface area contributed by atoms with Crippen molar-refractivity contribution in [1.29, 1.82) is 5.26 Å². The van der Waals surface area contributed by atoms with Crippen LogP contribution >= 0.6 is 11.6 Å². The second-order valence-electron chi connectivity index (χ2n) is 5.32. The average Bonchev–Trinajstić information content (AvgIpc) is 2.62. The SMILES string of the molecule is N#CCCN(CCc1ccccc1)C(=O)/C=C/c1ccccc1Cl. The first-order chi connectivity index (χ1) is 11.7. The standard InChI is InChI=1S/C20H19ClN2O/c21-19-10-5-4-9-18(19)11-12-20(24)23(15-6-14-22)16-13-17-7-2-1-3-8-17/h1-5,7-12H,6,13,15-16H2/b12-11+. The smallest absolute Gasteiger partial charge is 0.246 e. The van der Waals surface area contributed by atoms with Crippen LogP contribution < -0.4 is 0 Å². The van der Waals surface area contributed by atoms with Crippen LogP contribution in [0.15, 0.2) is 60.7 Å². The molecule has 0 aliphatic heterocycles. The molecule has 2 aromatic rings. The number of nitrogens with zero attached hydrogens (tertiary/aromatic N) is 2. The topological polar surface area (TPSA) is 44.1 Å². The van der Waals surface area contributed by atoms with Crippen molar-refractivity contribution in [2.24, 2.45) is 0 Å². The van der Waals surface area contributed by atoms with E-state index < -0.39 is 0 Å². The molecule has 0 N–H and O–H groups in total. The molecule has 4 heteroatoms. The van der Waals surface area contributed by atoms with E-state index in [9.17, 15) is 4.79 Å². The molecule has 0 atom stereocenters. The lowest BCUT2D eigenvalue weighted by atomic mass is 10.1. The maximum absolute atomic E-state index is 12.4. The molecule has 0 saturated carbocycles. The van der Waals surface area contributed by atoms with E-state index in [4.69, 9.17) is 16.9 Å². The summed E-state index contributed by atoms with van der Waals surface area (Å²) < 4.78 is 0. The predicted molar refractivity (Wildman–Crippen MR) is 97.4 cm³/mol. The number of amides is 1. The molecule has 0 radical (unpaired) electrons. The number of carbonyl (C=O) groups excluding carboxylic acids is 1. The maximum atomic E-state index is 12.4. The minimum absolute atomic E-state index is 0.110. The first-order valence-corrected chi connectivity index (χ1v) is 8.21. The monoisotopic (exact) mass is 338 g/mol. The Morgan fingerprint density at radius 1 is 1.08 bits per heavy atom. The Labute approximate surface area is 147 Å². The van der Waals surface area contributed by atoms with Crippen molar-refractivity contribution < 1.29 is 4.79 Å². The van der Waals surface area contributed by atoms with Crippen LogP contribution in [0.2, 0.25) is 5.02 Å². The average molecular weight is 339 g/mol. The minimum Gasteiger partial charge on any atom is -0.338 e. The van der Waals surface area contributed by atoms with Gasteiger partial charge in [-0.2, -0.15) is 5.26 Å². The fraction of sp³-hybridized carbons (Fsp3) is 0.200. The molecule has 3 nitrogen and oxygen atoms in total. The summed E-state index contributed by atoms with van der Waals surface area (Å²) in [5.41, 5.74) is 1.97. The lowest BCUT2D eigenvalue weighted by Gasteiger charge is -2.20. The number of hydrogen-bond donors (Lipinski definition) is 0. The molecule has 0 aliphatic rings. The molecule has 0 heterocycles. The van der Waals surface area contributed by atoms with Crippen molar-refractivity contribution in [1.82, 2.24) is 4.90 Å². The number of benzene rings is 2. The molecule has 0 unspecified atom stereocenters. The highest BCUT2D eigenvalue weighted by atomic mass is 35.5. The molecule has 0 saturated heterocycles. The van der Waals surface area contributed by atoms with E-state index in [0.717, 1.165) is 12.0 Å². The van der Waals surface area contributed by atoms with Gasteiger partial charge in [0.05, 0.1) is 12.5 Å². The molecule has 0 aliphatic carbocycles. The Bertz CT molecular complexity index is 735. The first-order valence-electron chi connectivity index (χ1n) is 7.83. The quantitative estimate of drug-likeness (QED) is 0.705. The van der Waals surface area contributed by atoms with Crippen molar-refractivity contribution >= 4 is 23.6 Å². The van der Waals surface area contributed by atoms with Crippen LogP contribution in [0.5, 0.6) is 0 Å². The molecule has 122 valence electrons. The molecule has 0 spiro atoms. The third kappa shape index (κ3) is 5.57. The van der Waals surface area contributed by atoms with Gasteiger partial charge in [-0.3, -0.25) is 4.79 Å². The lowest BCUT2D eigenvalue weighted by Crippen LogP contribution is -2.32. The molecular formula is C20H19ClN2O. The number of carbonyl (C=O) groups is 1. The highest BCUT2D eigenvalue weighted by molar-refractivity contribution is 6.32. The van der Waals surface area contributed by atoms with Gasteiger partial charge >= 0.3 is 0 Å². The van der Waals surface area contributed by atoms with Crippen LogP contribution in [-0.2, 0) is 11.2 Å². The third-order valence-corrected chi connectivity index (χ3v) is 3.97. The van der Waals surface area contributed by atoms with E-state index in [1.807, 2.05) is 48.5 Å². The predicted octanol–water partition coefficient (Wildman–Crippen LogP) is 4.34. The van der Waals surface area contributed by atoms with Gasteiger partial charge in [0.15, 0.2) is 0 Å². The van der Waals surface area contributed by atoms with Gasteiger partial charge in [0.25, 0.3) is 0 Å². The molecule has 0 fully saturated rings. The summed E-state index contributed by atoms with van der Waals surface area (Å²) in [6.45, 7) is 1.01. The normalized spacial score (nSPS) is 10.5. The van der Waals surface area contributed by atoms with E-state index in [0.29, 0.717) is 24.5 Å². The van der Waals surface area contributed by atoms with E-state index in [1.165, 1.54) is 11.6 Å². The highest BCUT2D eigenvalue weighted by Crippen LogP contribution is 2.16. The van der Waals surface area contributed by atoms with Gasteiger partial charge in [0.2, 0.25) is 5.91 Å². The zero-order valence-electron chi connectivity index (χ0n) is 13.4. The second-order valence-corrected chi connectivity index (χ2v) is 5.73. The van der Waals surface area contributed by atoms with Crippen LogP contribution in [0.25, 0.3) is 6.08 Å². The molecule has 24 heavy (non-hydrogen) atoms. The summed E-state index contributed by atoms with van der Waals surface area (Å²) in [4.78, 5) is 14.1. The third-order valence-electron chi connectivity index (χ3n) is 3.63. The number of halogens is 1. The van der Waals surface area contributed by atoms with Gasteiger partial charge in [0, 0.05) is 24.2 Å². The van der Waals surface area contributed by atoms with E-state index >= 15 is 0 Å². The van der Waals surface area contributed by atoms with Crippen LogP contribution in [0.4, 0.5) is 0 Å². The van der Waals surface area contributed by atoms with Crippen LogP contribution in [-0.4, -0.2) is 23.9 Å². The second kappa shape index (κ2) is 9.54. The van der Waals surface area contributed by atoms with Crippen molar-refractivity contribution in [2.75, 3.05) is 13.1 Å². The Balaban J connectivity index is 2.02. The molecule has 0 bridgehead atoms. The molecule has 2 rings (SSSR count). The van der Waals surface area contributed by atoms with Gasteiger partial charge in [-0.25, -0.2) is 0 Å². The van der Waals surface area contributed by atoms with Gasteiger partial charge < -0.3 is 4.90 Å². The first kappa shape index (κ1) is 17.8. The minimum atomic E-state index is -0.110. The van der Waals surface area contributed by atoms with Crippen LogP contribution in [0.1, 0.15) is 17.5 Å². The van der Waals surface area contributed by atoms with Gasteiger partial charge in [0.1, 0.15) is 0 Å². The van der Waals surface area contributed by atoms with Crippen molar-refractivity contribution in [3.63, 3.8) is 0 Å². The Morgan fingerprint density at radius 2 is 1.79 bits per heavy atom. The van der Waals surface area contributed by atoms with Crippen molar-refractivity contribution in [3.8, 4) is 6.07 Å². The largest absolute Gasteiger partial charge is 0.338 e. The lowest BCUT2D eigenvalue weighted by molar-refractivity contribution is -0.125. The molecular weight excluding hydrogens is 320 g/mol. The summed E-state index contributed by atoms with van der Waals surface area (Å²) in [6, 6.07) is 19.5. The highest BCUT2D eigenvalue weighted by Gasteiger charge is 2.10. The summed E-state index contributed by atoms with van der Waals surface area (Å²) in [6.07, 6.45) is 4.31. The summed E-state index contributed by atoms with van der Waals surface area (Å²) in [7, 11) is 0. The molecule has 0 aromatic heterocycles. The summed E-state index contributed by atoms with van der Waals surface area (Å²) in [5.74, 6) is -0.110. The maximum Gasteiger partial charge on any atom is 0.246 e. The zero-order chi connectivity index (χ0) is 17.2. The fourth-order valence-electron chi connectivity index (χ4n) is 2.30. The Kier molecular flexibility index (Phi) is 7.07. The van der Waals surface area contributed by atoms with Gasteiger partial charge in [-0.1, -0.05) is 60.1 Å². The van der Waals surface area contributed by atoms with Gasteiger partial charge in [-0.05, 0) is 29.7 Å². The van der Waals surface area contributed by atoms with E-state index in [2.05, 4.69) is 6.07 Å². The zero-order valence-corrected chi connectivity index (χ0v) is 14.1. The molecule has 1 amide bonds. The number of nitriles is 1. The number of hydrogen-bond acceptors (Lipinski definition) is 2. The van der Waals surface area contributed by atoms with E-state index in [1.54, 1.807) is 17.0 Å².